The van der Waals surface area contributed by atoms with E-state index in [4.69, 9.17) is 12.2 Å². The molecule has 1 fully saturated rings. The molecule has 0 unspecified atom stereocenters. The smallest absolute Gasteiger partial charge is 0.198 e. The maximum atomic E-state index is 11.8. The van der Waals surface area contributed by atoms with Gasteiger partial charge in [0, 0.05) is 26.1 Å². The molecule has 6 nitrogen and oxygen atoms in total. The molecule has 1 aromatic heterocycles. The fourth-order valence-corrected chi connectivity index (χ4v) is 5.83. The van der Waals surface area contributed by atoms with Gasteiger partial charge in [0.15, 0.2) is 14.6 Å². The van der Waals surface area contributed by atoms with Gasteiger partial charge in [-0.3, -0.25) is 4.90 Å². The van der Waals surface area contributed by atoms with Crippen molar-refractivity contribution >= 4 is 27.6 Å². The van der Waals surface area contributed by atoms with Crippen molar-refractivity contribution in [3.8, 4) is 0 Å². The van der Waals surface area contributed by atoms with E-state index in [0.717, 1.165) is 25.3 Å². The van der Waals surface area contributed by atoms with Crippen molar-refractivity contribution < 1.29 is 8.42 Å². The Morgan fingerprint density at radius 2 is 2.04 bits per heavy atom. The van der Waals surface area contributed by atoms with Crippen LogP contribution in [0.25, 0.3) is 5.57 Å². The van der Waals surface area contributed by atoms with Crippen molar-refractivity contribution in [2.24, 2.45) is 7.05 Å². The Hall–Kier alpha value is -1.77. The maximum absolute atomic E-state index is 11.8. The SMILES string of the molecule is Cn1c([C@@H]2CCS(=O)(=O)C2)nn(CN2CC=C(c3ccccc3)CC2)c1=S. The van der Waals surface area contributed by atoms with E-state index in [-0.39, 0.29) is 17.4 Å². The van der Waals surface area contributed by atoms with Crippen LogP contribution in [0.2, 0.25) is 0 Å². The van der Waals surface area contributed by atoms with Gasteiger partial charge in [-0.1, -0.05) is 36.4 Å². The van der Waals surface area contributed by atoms with E-state index in [1.165, 1.54) is 11.1 Å². The summed E-state index contributed by atoms with van der Waals surface area (Å²) in [5.74, 6) is 1.17. The van der Waals surface area contributed by atoms with Gasteiger partial charge in [0.25, 0.3) is 0 Å². The van der Waals surface area contributed by atoms with Gasteiger partial charge in [0.1, 0.15) is 5.82 Å². The minimum atomic E-state index is -2.94. The number of rotatable bonds is 4. The molecule has 0 amide bonds. The molecule has 2 aliphatic heterocycles. The predicted molar refractivity (Wildman–Crippen MR) is 109 cm³/mol. The lowest BCUT2D eigenvalue weighted by Gasteiger charge is -2.26. The van der Waals surface area contributed by atoms with Gasteiger partial charge in [0.05, 0.1) is 18.2 Å². The molecule has 0 spiro atoms. The fourth-order valence-electron chi connectivity index (χ4n) is 3.89. The summed E-state index contributed by atoms with van der Waals surface area (Å²) in [6, 6.07) is 10.5. The number of hydrogen-bond donors (Lipinski definition) is 0. The van der Waals surface area contributed by atoms with Crippen molar-refractivity contribution in [2.75, 3.05) is 24.6 Å². The second-order valence-electron chi connectivity index (χ2n) is 7.36. The van der Waals surface area contributed by atoms with Gasteiger partial charge in [-0.15, -0.1) is 0 Å². The van der Waals surface area contributed by atoms with Crippen LogP contribution in [0.1, 0.15) is 30.1 Å². The zero-order chi connectivity index (χ0) is 19.0. The van der Waals surface area contributed by atoms with Crippen LogP contribution >= 0.6 is 12.2 Å². The van der Waals surface area contributed by atoms with Gasteiger partial charge in [-0.05, 0) is 36.2 Å². The molecule has 27 heavy (non-hydrogen) atoms. The van der Waals surface area contributed by atoms with Crippen molar-refractivity contribution in [2.45, 2.75) is 25.4 Å². The molecule has 2 aliphatic rings. The zero-order valence-electron chi connectivity index (χ0n) is 15.4. The molecule has 144 valence electrons. The Morgan fingerprint density at radius 3 is 2.67 bits per heavy atom. The first-order valence-electron chi connectivity index (χ1n) is 9.24. The molecule has 1 aromatic carbocycles. The topological polar surface area (TPSA) is 60.1 Å². The molecular weight excluding hydrogens is 380 g/mol. The number of hydrogen-bond acceptors (Lipinski definition) is 5. The van der Waals surface area contributed by atoms with Crippen molar-refractivity contribution in [1.82, 2.24) is 19.2 Å². The second-order valence-corrected chi connectivity index (χ2v) is 9.96. The summed E-state index contributed by atoms with van der Waals surface area (Å²) < 4.78 is 27.9. The van der Waals surface area contributed by atoms with E-state index in [1.807, 2.05) is 22.4 Å². The summed E-state index contributed by atoms with van der Waals surface area (Å²) in [6.45, 7) is 2.44. The van der Waals surface area contributed by atoms with Gasteiger partial charge in [-0.25, -0.2) is 13.1 Å². The molecule has 3 heterocycles. The monoisotopic (exact) mass is 404 g/mol. The summed E-state index contributed by atoms with van der Waals surface area (Å²) in [4.78, 5) is 2.31. The first-order chi connectivity index (χ1) is 12.9. The minimum Gasteiger partial charge on any atom is -0.307 e. The molecule has 8 heteroatoms. The predicted octanol–water partition coefficient (Wildman–Crippen LogP) is 2.60. The zero-order valence-corrected chi connectivity index (χ0v) is 17.0. The molecule has 2 aromatic rings. The molecule has 0 aliphatic carbocycles. The molecular formula is C19H24N4O2S2. The minimum absolute atomic E-state index is 0.0473. The normalized spacial score (nSPS) is 22.7. The highest BCUT2D eigenvalue weighted by Crippen LogP contribution is 2.28. The first-order valence-corrected chi connectivity index (χ1v) is 11.5. The van der Waals surface area contributed by atoms with E-state index in [1.54, 1.807) is 0 Å². The fraction of sp³-hybridized carbons (Fsp3) is 0.474. The van der Waals surface area contributed by atoms with Gasteiger partial charge in [-0.2, -0.15) is 5.10 Å². The summed E-state index contributed by atoms with van der Waals surface area (Å²) >= 11 is 5.55. The van der Waals surface area contributed by atoms with E-state index >= 15 is 0 Å². The second kappa shape index (κ2) is 7.33. The highest BCUT2D eigenvalue weighted by molar-refractivity contribution is 7.91. The van der Waals surface area contributed by atoms with Gasteiger partial charge in [0.2, 0.25) is 0 Å². The van der Waals surface area contributed by atoms with E-state index in [0.29, 0.717) is 17.9 Å². The summed E-state index contributed by atoms with van der Waals surface area (Å²) in [5.41, 5.74) is 2.67. The third kappa shape index (κ3) is 3.93. The lowest BCUT2D eigenvalue weighted by atomic mass is 10.00. The largest absolute Gasteiger partial charge is 0.307 e. The third-order valence-corrected chi connectivity index (χ3v) is 7.70. The number of aromatic nitrogens is 3. The van der Waals surface area contributed by atoms with Crippen molar-refractivity contribution in [3.63, 3.8) is 0 Å². The summed E-state index contributed by atoms with van der Waals surface area (Å²) in [5, 5.41) is 4.68. The highest BCUT2D eigenvalue weighted by Gasteiger charge is 2.32. The first kappa shape index (κ1) is 18.6. The Morgan fingerprint density at radius 1 is 1.26 bits per heavy atom. The average Bonchev–Trinajstić information content (AvgIpc) is 3.17. The Labute approximate surface area is 165 Å². The van der Waals surface area contributed by atoms with Gasteiger partial charge >= 0.3 is 0 Å². The van der Waals surface area contributed by atoms with Crippen LogP contribution in [0.5, 0.6) is 0 Å². The van der Waals surface area contributed by atoms with E-state index < -0.39 is 9.84 Å². The molecule has 1 saturated heterocycles. The van der Waals surface area contributed by atoms with Crippen molar-refractivity contribution in [1.29, 1.82) is 0 Å². The standard InChI is InChI=1S/C19H24N4O2S2/c1-21-18(17-9-12-27(24,25)13-17)20-23(19(21)26)14-22-10-7-16(8-11-22)15-5-3-2-4-6-15/h2-7,17H,8-14H2,1H3/t17-/m1/s1. The molecule has 1 atom stereocenters. The lowest BCUT2D eigenvalue weighted by molar-refractivity contribution is 0.225. The summed E-state index contributed by atoms with van der Waals surface area (Å²) in [7, 11) is -1.05. The van der Waals surface area contributed by atoms with Crippen LogP contribution in [0.15, 0.2) is 36.4 Å². The van der Waals surface area contributed by atoms with E-state index in [9.17, 15) is 8.42 Å². The number of sulfone groups is 1. The Balaban J connectivity index is 1.47. The highest BCUT2D eigenvalue weighted by atomic mass is 32.2. The van der Waals surface area contributed by atoms with Crippen LogP contribution in [0.4, 0.5) is 0 Å². The van der Waals surface area contributed by atoms with Crippen LogP contribution in [0, 0.1) is 4.77 Å². The third-order valence-electron chi connectivity index (χ3n) is 5.44. The Kier molecular flexibility index (Phi) is 5.05. The van der Waals surface area contributed by atoms with Gasteiger partial charge < -0.3 is 4.57 Å². The van der Waals surface area contributed by atoms with Crippen LogP contribution < -0.4 is 0 Å². The molecule has 0 N–H and O–H groups in total. The van der Waals surface area contributed by atoms with E-state index in [2.05, 4.69) is 40.3 Å². The van der Waals surface area contributed by atoms with Crippen LogP contribution in [-0.4, -0.2) is 52.3 Å². The lowest BCUT2D eigenvalue weighted by Crippen LogP contribution is -2.31. The summed E-state index contributed by atoms with van der Waals surface area (Å²) in [6.07, 6.45) is 3.91. The molecule has 0 bridgehead atoms. The molecule has 4 rings (SSSR count). The Bertz CT molecular complexity index is 1020. The molecule has 0 radical (unpaired) electrons. The quantitative estimate of drug-likeness (QED) is 0.733. The van der Waals surface area contributed by atoms with Crippen molar-refractivity contribution in [3.05, 3.63) is 52.6 Å². The van der Waals surface area contributed by atoms with Crippen LogP contribution in [0.3, 0.4) is 0 Å². The number of benzene rings is 1. The number of nitrogens with zero attached hydrogens (tertiary/aromatic N) is 4. The molecule has 0 saturated carbocycles. The average molecular weight is 405 g/mol. The maximum Gasteiger partial charge on any atom is 0.198 e. The van der Waals surface area contributed by atoms with Crippen LogP contribution in [-0.2, 0) is 23.6 Å².